The Balaban J connectivity index is 3.87. The summed E-state index contributed by atoms with van der Waals surface area (Å²) in [5.74, 6) is -2.54. The lowest BCUT2D eigenvalue weighted by Crippen LogP contribution is -2.24. The van der Waals surface area contributed by atoms with Crippen molar-refractivity contribution < 1.29 is 24.4 Å². The average Bonchev–Trinajstić information content (AvgIpc) is 1.98. The van der Waals surface area contributed by atoms with Crippen LogP contribution in [0.3, 0.4) is 0 Å². The SMILES string of the molecule is CP(=O)(CCC(=O)[O-])CCC(=O)[O-]. The van der Waals surface area contributed by atoms with Crippen molar-refractivity contribution in [3.63, 3.8) is 0 Å². The third kappa shape index (κ3) is 7.53. The third-order valence-corrected chi connectivity index (χ3v) is 3.92. The minimum absolute atomic E-state index is 0.0113. The van der Waals surface area contributed by atoms with E-state index in [0.29, 0.717) is 0 Å². The van der Waals surface area contributed by atoms with Gasteiger partial charge < -0.3 is 24.4 Å². The van der Waals surface area contributed by atoms with Crippen LogP contribution in [0.1, 0.15) is 12.8 Å². The molecule has 5 nitrogen and oxygen atoms in total. The molecule has 0 saturated heterocycles. The van der Waals surface area contributed by atoms with E-state index in [1.54, 1.807) is 0 Å². The summed E-state index contributed by atoms with van der Waals surface area (Å²) < 4.78 is 11.4. The molecule has 6 heteroatoms. The molecule has 0 rings (SSSR count). The summed E-state index contributed by atoms with van der Waals surface area (Å²) in [6, 6.07) is 0. The summed E-state index contributed by atoms with van der Waals surface area (Å²) in [4.78, 5) is 20.0. The molecule has 0 aliphatic carbocycles. The van der Waals surface area contributed by atoms with Gasteiger partial charge in [-0.25, -0.2) is 0 Å². The van der Waals surface area contributed by atoms with Crippen LogP contribution >= 0.6 is 7.14 Å². The summed E-state index contributed by atoms with van der Waals surface area (Å²) in [5.41, 5.74) is 0. The highest BCUT2D eigenvalue weighted by atomic mass is 31.2. The topological polar surface area (TPSA) is 97.3 Å². The molecule has 0 aromatic heterocycles. The van der Waals surface area contributed by atoms with Crippen molar-refractivity contribution in [1.29, 1.82) is 0 Å². The Morgan fingerprint density at radius 1 is 1.08 bits per heavy atom. The van der Waals surface area contributed by atoms with Gasteiger partial charge in [-0.15, -0.1) is 0 Å². The molecule has 0 spiro atoms. The zero-order valence-electron chi connectivity index (χ0n) is 7.32. The predicted octanol–water partition coefficient (Wildman–Crippen LogP) is -1.74. The molecular weight excluding hydrogens is 195 g/mol. The van der Waals surface area contributed by atoms with E-state index in [9.17, 15) is 24.4 Å². The fourth-order valence-corrected chi connectivity index (χ4v) is 2.30. The number of hydrogen-bond acceptors (Lipinski definition) is 5. The standard InChI is InChI=1S/C7H13O5P/c1-13(12,4-2-6(8)9)5-3-7(10)11/h2-5H2,1H3,(H,8,9)(H,10,11)/p-2. The maximum atomic E-state index is 11.4. The molecule has 0 amide bonds. The number of carboxylic acids is 2. The van der Waals surface area contributed by atoms with Crippen LogP contribution in [0.5, 0.6) is 0 Å². The lowest BCUT2D eigenvalue weighted by molar-refractivity contribution is -0.306. The maximum absolute atomic E-state index is 11.4. The fourth-order valence-electron chi connectivity index (χ4n) is 0.767. The Morgan fingerprint density at radius 3 is 1.62 bits per heavy atom. The van der Waals surface area contributed by atoms with E-state index in [0.717, 1.165) is 0 Å². The van der Waals surface area contributed by atoms with Gasteiger partial charge in [0.15, 0.2) is 0 Å². The van der Waals surface area contributed by atoms with Crippen molar-refractivity contribution in [2.75, 3.05) is 19.0 Å². The molecule has 0 atom stereocenters. The molecule has 0 unspecified atom stereocenters. The van der Waals surface area contributed by atoms with Crippen molar-refractivity contribution in [3.8, 4) is 0 Å². The van der Waals surface area contributed by atoms with E-state index in [1.165, 1.54) is 6.66 Å². The zero-order chi connectivity index (χ0) is 10.5. The van der Waals surface area contributed by atoms with E-state index in [-0.39, 0.29) is 25.2 Å². The first-order valence-electron chi connectivity index (χ1n) is 3.79. The zero-order valence-corrected chi connectivity index (χ0v) is 8.21. The third-order valence-electron chi connectivity index (χ3n) is 1.58. The number of carboxylic acid groups (broad SMARTS) is 2. The van der Waals surface area contributed by atoms with Gasteiger partial charge in [0.1, 0.15) is 0 Å². The van der Waals surface area contributed by atoms with Crippen molar-refractivity contribution in [3.05, 3.63) is 0 Å². The summed E-state index contributed by atoms with van der Waals surface area (Å²) in [7, 11) is -2.64. The highest BCUT2D eigenvalue weighted by molar-refractivity contribution is 7.63. The Hall–Kier alpha value is -0.830. The maximum Gasteiger partial charge on any atom is 0.0855 e. The van der Waals surface area contributed by atoms with Gasteiger partial charge in [0, 0.05) is 24.3 Å². The fraction of sp³-hybridized carbons (Fsp3) is 0.714. The smallest absolute Gasteiger partial charge is 0.0855 e. The van der Waals surface area contributed by atoms with Gasteiger partial charge in [0.25, 0.3) is 0 Å². The van der Waals surface area contributed by atoms with Gasteiger partial charge in [-0.3, -0.25) is 0 Å². The molecule has 0 aliphatic heterocycles. The van der Waals surface area contributed by atoms with Crippen LogP contribution in [0, 0.1) is 0 Å². The predicted molar refractivity (Wildman–Crippen MR) is 42.5 cm³/mol. The molecule has 0 bridgehead atoms. The molecule has 0 saturated carbocycles. The van der Waals surface area contributed by atoms with E-state index in [4.69, 9.17) is 0 Å². The second-order valence-electron chi connectivity index (χ2n) is 2.99. The lowest BCUT2D eigenvalue weighted by Gasteiger charge is -2.13. The minimum atomic E-state index is -2.64. The Kier molecular flexibility index (Phi) is 4.70. The molecule has 13 heavy (non-hydrogen) atoms. The van der Waals surface area contributed by atoms with Crippen molar-refractivity contribution >= 4 is 19.1 Å². The van der Waals surface area contributed by atoms with E-state index < -0.39 is 19.1 Å². The first-order valence-corrected chi connectivity index (χ1v) is 6.31. The summed E-state index contributed by atoms with van der Waals surface area (Å²) in [5, 5.41) is 20.0. The molecule has 0 radical (unpaired) electrons. The van der Waals surface area contributed by atoms with Gasteiger partial charge in [0.2, 0.25) is 0 Å². The lowest BCUT2D eigenvalue weighted by atomic mass is 10.5. The number of carbonyl (C=O) groups excluding carboxylic acids is 2. The molecule has 0 fully saturated rings. The largest absolute Gasteiger partial charge is 0.550 e. The molecule has 0 N–H and O–H groups in total. The number of rotatable bonds is 6. The highest BCUT2D eigenvalue weighted by Crippen LogP contribution is 2.41. The van der Waals surface area contributed by atoms with E-state index >= 15 is 0 Å². The van der Waals surface area contributed by atoms with Gasteiger partial charge in [-0.05, 0) is 19.5 Å². The average molecular weight is 206 g/mol. The van der Waals surface area contributed by atoms with Crippen LogP contribution < -0.4 is 10.2 Å². The van der Waals surface area contributed by atoms with Crippen LogP contribution in [0.4, 0.5) is 0 Å². The Morgan fingerprint density at radius 2 is 1.38 bits per heavy atom. The van der Waals surface area contributed by atoms with Crippen LogP contribution in [0.15, 0.2) is 0 Å². The first-order chi connectivity index (χ1) is 5.83. The molecule has 76 valence electrons. The second-order valence-corrected chi connectivity index (χ2v) is 6.48. The molecule has 0 aliphatic rings. The number of hydrogen-bond donors (Lipinski definition) is 0. The van der Waals surface area contributed by atoms with Crippen molar-refractivity contribution in [2.24, 2.45) is 0 Å². The number of carbonyl (C=O) groups is 2. The quantitative estimate of drug-likeness (QED) is 0.480. The highest BCUT2D eigenvalue weighted by Gasteiger charge is 2.14. The van der Waals surface area contributed by atoms with Crippen LogP contribution in [0.25, 0.3) is 0 Å². The van der Waals surface area contributed by atoms with Crippen LogP contribution in [0.2, 0.25) is 0 Å². The summed E-state index contributed by atoms with van der Waals surface area (Å²) >= 11 is 0. The van der Waals surface area contributed by atoms with Crippen LogP contribution in [-0.4, -0.2) is 30.9 Å². The molecule has 0 aromatic rings. The summed E-state index contributed by atoms with van der Waals surface area (Å²) in [6.07, 6.45) is -0.604. The Bertz CT molecular complexity index is 225. The second kappa shape index (κ2) is 5.02. The van der Waals surface area contributed by atoms with Crippen molar-refractivity contribution in [1.82, 2.24) is 0 Å². The monoisotopic (exact) mass is 206 g/mol. The number of aliphatic carboxylic acids is 2. The molecular formula is C7H11O5P-2. The summed E-state index contributed by atoms with van der Waals surface area (Å²) in [6.45, 7) is 1.39. The first kappa shape index (κ1) is 12.2. The molecule has 0 aromatic carbocycles. The van der Waals surface area contributed by atoms with E-state index in [2.05, 4.69) is 0 Å². The van der Waals surface area contributed by atoms with Gasteiger partial charge in [-0.1, -0.05) is 0 Å². The van der Waals surface area contributed by atoms with Crippen molar-refractivity contribution in [2.45, 2.75) is 12.8 Å². The molecule has 0 heterocycles. The van der Waals surface area contributed by atoms with Crippen LogP contribution in [-0.2, 0) is 14.2 Å². The van der Waals surface area contributed by atoms with Gasteiger partial charge in [-0.2, -0.15) is 0 Å². The van der Waals surface area contributed by atoms with Gasteiger partial charge >= 0.3 is 0 Å². The minimum Gasteiger partial charge on any atom is -0.550 e. The Labute approximate surface area is 76.1 Å². The van der Waals surface area contributed by atoms with E-state index in [1.807, 2.05) is 0 Å². The van der Waals surface area contributed by atoms with Gasteiger partial charge in [0.05, 0.1) is 7.14 Å². The normalized spacial score (nSPS) is 11.2.